The van der Waals surface area contributed by atoms with Crippen molar-refractivity contribution < 1.29 is 27.6 Å². The molecule has 3 heterocycles. The Bertz CT molecular complexity index is 1070. The van der Waals surface area contributed by atoms with Crippen LogP contribution in [-0.4, -0.2) is 44.7 Å². The Morgan fingerprint density at radius 2 is 2.00 bits per heavy atom. The van der Waals surface area contributed by atoms with Crippen molar-refractivity contribution in [1.29, 1.82) is 0 Å². The molecule has 0 radical (unpaired) electrons. The van der Waals surface area contributed by atoms with Gasteiger partial charge < -0.3 is 14.9 Å². The van der Waals surface area contributed by atoms with E-state index in [-0.39, 0.29) is 0 Å². The van der Waals surface area contributed by atoms with Crippen molar-refractivity contribution in [3.05, 3.63) is 64.8 Å². The average Bonchev–Trinajstić information content (AvgIpc) is 3.25. The van der Waals surface area contributed by atoms with Gasteiger partial charge in [-0.2, -0.15) is 29.9 Å². The molecule has 0 bridgehead atoms. The van der Waals surface area contributed by atoms with Gasteiger partial charge in [-0.25, -0.2) is 4.79 Å². The van der Waals surface area contributed by atoms with Gasteiger partial charge in [0.1, 0.15) is 0 Å². The zero-order valence-corrected chi connectivity index (χ0v) is 18.7. The Hall–Kier alpha value is -2.92. The van der Waals surface area contributed by atoms with E-state index in [0.29, 0.717) is 11.7 Å². The number of aromatic nitrogens is 3. The molecule has 0 saturated heterocycles. The van der Waals surface area contributed by atoms with Crippen LogP contribution in [0, 0.1) is 6.92 Å². The maximum Gasteiger partial charge on any atom is 0.490 e. The van der Waals surface area contributed by atoms with Gasteiger partial charge >= 0.3 is 12.1 Å². The summed E-state index contributed by atoms with van der Waals surface area (Å²) in [4.78, 5) is 18.1. The highest BCUT2D eigenvalue weighted by molar-refractivity contribution is 7.98. The first kappa shape index (κ1) is 24.7. The number of aryl methyl sites for hydroxylation is 2. The molecule has 0 saturated carbocycles. The predicted molar refractivity (Wildman–Crippen MR) is 118 cm³/mol. The number of hydrogen-bond donors (Lipinski definition) is 2. The maximum absolute atomic E-state index is 10.6. The van der Waals surface area contributed by atoms with Crippen molar-refractivity contribution in [2.75, 3.05) is 12.3 Å². The summed E-state index contributed by atoms with van der Waals surface area (Å²) in [7, 11) is 0. The number of thioether (sulfide) groups is 1. The van der Waals surface area contributed by atoms with E-state index in [0.717, 1.165) is 48.7 Å². The minimum absolute atomic E-state index is 0.678. The van der Waals surface area contributed by atoms with Crippen molar-refractivity contribution in [1.82, 2.24) is 20.4 Å². The quantitative estimate of drug-likeness (QED) is 0.507. The zero-order chi connectivity index (χ0) is 23.8. The van der Waals surface area contributed by atoms with Gasteiger partial charge in [-0.3, -0.25) is 4.98 Å². The van der Waals surface area contributed by atoms with Gasteiger partial charge in [0.15, 0.2) is 0 Å². The topological polar surface area (TPSA) is 101 Å². The molecule has 176 valence electrons. The molecule has 7 nitrogen and oxygen atoms in total. The van der Waals surface area contributed by atoms with Gasteiger partial charge in [0.2, 0.25) is 11.7 Å². The van der Waals surface area contributed by atoms with Crippen molar-refractivity contribution in [2.45, 2.75) is 38.2 Å². The molecule has 0 fully saturated rings. The highest BCUT2D eigenvalue weighted by atomic mass is 32.2. The molecule has 0 aliphatic carbocycles. The van der Waals surface area contributed by atoms with Gasteiger partial charge in [0, 0.05) is 41.9 Å². The number of alkyl halides is 3. The number of halogens is 3. The zero-order valence-electron chi connectivity index (χ0n) is 17.9. The van der Waals surface area contributed by atoms with Crippen LogP contribution in [0.1, 0.15) is 28.3 Å². The summed E-state index contributed by atoms with van der Waals surface area (Å²) in [5.41, 5.74) is 5.91. The fourth-order valence-corrected chi connectivity index (χ4v) is 4.14. The van der Waals surface area contributed by atoms with Crippen molar-refractivity contribution in [3.63, 3.8) is 0 Å². The first-order valence-electron chi connectivity index (χ1n) is 10.2. The summed E-state index contributed by atoms with van der Waals surface area (Å²) in [6, 6.07) is 10.5. The van der Waals surface area contributed by atoms with Crippen LogP contribution < -0.4 is 5.32 Å². The highest BCUT2D eigenvalue weighted by Crippen LogP contribution is 2.28. The van der Waals surface area contributed by atoms with E-state index in [9.17, 15) is 13.2 Å². The lowest BCUT2D eigenvalue weighted by Gasteiger charge is -2.19. The van der Waals surface area contributed by atoms with Crippen LogP contribution in [0.4, 0.5) is 13.2 Å². The maximum atomic E-state index is 10.6. The SMILES string of the molecule is Cc1ncc2c(c1-c1noc(CCSCc3ccccc3)n1)CCNC2.O=C(O)C(F)(F)F. The van der Waals surface area contributed by atoms with Crippen molar-refractivity contribution in [3.8, 4) is 11.4 Å². The van der Waals surface area contributed by atoms with Crippen molar-refractivity contribution in [2.24, 2.45) is 0 Å². The molecular formula is C22H23F3N4O3S. The normalized spacial score (nSPS) is 13.1. The van der Waals surface area contributed by atoms with Gasteiger partial charge in [0.05, 0.1) is 0 Å². The van der Waals surface area contributed by atoms with E-state index in [4.69, 9.17) is 14.4 Å². The lowest BCUT2D eigenvalue weighted by molar-refractivity contribution is -0.192. The summed E-state index contributed by atoms with van der Waals surface area (Å²) >= 11 is 1.88. The molecule has 0 amide bonds. The second kappa shape index (κ2) is 11.3. The number of carbonyl (C=O) groups is 1. The monoisotopic (exact) mass is 480 g/mol. The third-order valence-corrected chi connectivity index (χ3v) is 5.87. The largest absolute Gasteiger partial charge is 0.490 e. The first-order chi connectivity index (χ1) is 15.8. The summed E-state index contributed by atoms with van der Waals surface area (Å²) in [6.45, 7) is 3.85. The number of hydrogen-bond acceptors (Lipinski definition) is 7. The fraction of sp³-hybridized carbons (Fsp3) is 0.364. The number of carboxylic acid groups (broad SMARTS) is 1. The molecular weight excluding hydrogens is 457 g/mol. The fourth-order valence-electron chi connectivity index (χ4n) is 3.25. The Labute approximate surface area is 192 Å². The number of pyridine rings is 1. The van der Waals surface area contributed by atoms with Crippen molar-refractivity contribution >= 4 is 17.7 Å². The van der Waals surface area contributed by atoms with Gasteiger partial charge in [-0.1, -0.05) is 35.5 Å². The molecule has 3 aromatic rings. The highest BCUT2D eigenvalue weighted by Gasteiger charge is 2.38. The Morgan fingerprint density at radius 1 is 1.27 bits per heavy atom. The molecule has 2 N–H and O–H groups in total. The average molecular weight is 481 g/mol. The number of nitrogens with one attached hydrogen (secondary N) is 1. The van der Waals surface area contributed by atoms with Crippen LogP contribution in [0.5, 0.6) is 0 Å². The summed E-state index contributed by atoms with van der Waals surface area (Å²) in [5, 5.41) is 14.7. The summed E-state index contributed by atoms with van der Waals surface area (Å²) < 4.78 is 37.2. The summed E-state index contributed by atoms with van der Waals surface area (Å²) in [5.74, 6) is 0.588. The smallest absolute Gasteiger partial charge is 0.475 e. The van der Waals surface area contributed by atoms with Crippen LogP contribution in [-0.2, 0) is 29.9 Å². The number of aliphatic carboxylic acids is 1. The Balaban J connectivity index is 0.000000383. The lowest BCUT2D eigenvalue weighted by atomic mass is 9.95. The van der Waals surface area contributed by atoms with Crippen LogP contribution in [0.25, 0.3) is 11.4 Å². The number of carboxylic acids is 1. The predicted octanol–water partition coefficient (Wildman–Crippen LogP) is 4.19. The molecule has 1 aliphatic rings. The van der Waals surface area contributed by atoms with E-state index in [1.807, 2.05) is 30.9 Å². The molecule has 33 heavy (non-hydrogen) atoms. The molecule has 2 aromatic heterocycles. The van der Waals surface area contributed by atoms with E-state index in [1.165, 1.54) is 16.7 Å². The summed E-state index contributed by atoms with van der Waals surface area (Å²) in [6.07, 6.45) is -1.36. The van der Waals surface area contributed by atoms with Gasteiger partial charge in [0.25, 0.3) is 0 Å². The second-order valence-corrected chi connectivity index (χ2v) is 8.36. The number of fused-ring (bicyclic) bond motifs is 1. The van der Waals surface area contributed by atoms with E-state index >= 15 is 0 Å². The molecule has 4 rings (SSSR count). The van der Waals surface area contributed by atoms with Crippen LogP contribution in [0.15, 0.2) is 41.1 Å². The second-order valence-electron chi connectivity index (χ2n) is 7.25. The molecule has 0 unspecified atom stereocenters. The minimum atomic E-state index is -5.08. The third kappa shape index (κ3) is 7.03. The number of rotatable bonds is 6. The number of benzene rings is 1. The first-order valence-corrected chi connectivity index (χ1v) is 11.3. The minimum Gasteiger partial charge on any atom is -0.475 e. The van der Waals surface area contributed by atoms with E-state index < -0.39 is 12.1 Å². The molecule has 0 atom stereocenters. The molecule has 0 spiro atoms. The molecule has 1 aliphatic heterocycles. The van der Waals surface area contributed by atoms with Crippen LogP contribution in [0.3, 0.4) is 0 Å². The van der Waals surface area contributed by atoms with Crippen LogP contribution in [0.2, 0.25) is 0 Å². The molecule has 11 heteroatoms. The standard InChI is InChI=1S/C20H22N4OS.C2HF3O2/c1-14-19(17-7-9-21-11-16(17)12-22-14)20-23-18(25-24-20)8-10-26-13-15-5-3-2-4-6-15;3-2(4,5)1(6)7/h2-6,12,21H,7-11,13H2,1H3;(H,6,7). The van der Waals surface area contributed by atoms with Gasteiger partial charge in [-0.05, 0) is 36.6 Å². The van der Waals surface area contributed by atoms with Crippen LogP contribution >= 0.6 is 11.8 Å². The van der Waals surface area contributed by atoms with E-state index in [1.54, 1.807) is 0 Å². The molecule has 1 aromatic carbocycles. The van der Waals surface area contributed by atoms with E-state index in [2.05, 4.69) is 44.7 Å². The third-order valence-electron chi connectivity index (χ3n) is 4.84. The Morgan fingerprint density at radius 3 is 2.70 bits per heavy atom. The lowest BCUT2D eigenvalue weighted by Crippen LogP contribution is -2.24. The number of nitrogens with zero attached hydrogens (tertiary/aromatic N) is 3. The van der Waals surface area contributed by atoms with Gasteiger partial charge in [-0.15, -0.1) is 0 Å². The Kier molecular flexibility index (Phi) is 8.45.